The smallest absolute Gasteiger partial charge is 0.316 e. The van der Waals surface area contributed by atoms with Gasteiger partial charge in [0.25, 0.3) is 0 Å². The predicted octanol–water partition coefficient (Wildman–Crippen LogP) is 2.46. The van der Waals surface area contributed by atoms with Gasteiger partial charge in [0.15, 0.2) is 5.82 Å². The minimum Gasteiger partial charge on any atom is -0.379 e. The van der Waals surface area contributed by atoms with Crippen LogP contribution in [0.4, 0.5) is 0 Å². The van der Waals surface area contributed by atoms with Crippen molar-refractivity contribution >= 4 is 21.8 Å². The lowest BCUT2D eigenvalue weighted by Crippen LogP contribution is -2.35. The molecule has 0 atom stereocenters. The van der Waals surface area contributed by atoms with Crippen molar-refractivity contribution in [1.82, 2.24) is 30.1 Å². The third-order valence-corrected chi connectivity index (χ3v) is 6.38. The van der Waals surface area contributed by atoms with Crippen molar-refractivity contribution in [3.8, 4) is 0 Å². The second-order valence-corrected chi connectivity index (χ2v) is 8.34. The first-order valence-corrected chi connectivity index (χ1v) is 11.0. The van der Waals surface area contributed by atoms with Crippen LogP contribution < -0.4 is 5.32 Å². The van der Waals surface area contributed by atoms with Gasteiger partial charge in [-0.2, -0.15) is 10.1 Å². The van der Waals surface area contributed by atoms with Crippen LogP contribution in [0.5, 0.6) is 0 Å². The van der Waals surface area contributed by atoms with Crippen molar-refractivity contribution < 1.29 is 14.1 Å². The van der Waals surface area contributed by atoms with Crippen LogP contribution in [0.25, 0.3) is 0 Å². The largest absolute Gasteiger partial charge is 0.379 e. The van der Waals surface area contributed by atoms with Crippen molar-refractivity contribution in [3.63, 3.8) is 0 Å². The zero-order valence-corrected chi connectivity index (χ0v) is 19.2. The maximum Gasteiger partial charge on any atom is 0.316 e. The second-order valence-electron chi connectivity index (χ2n) is 7.55. The van der Waals surface area contributed by atoms with Crippen molar-refractivity contribution in [3.05, 3.63) is 63.0 Å². The van der Waals surface area contributed by atoms with Crippen LogP contribution >= 0.6 is 15.9 Å². The van der Waals surface area contributed by atoms with Crippen LogP contribution in [0.3, 0.4) is 0 Å². The molecular formula is C21H25BrN6O3. The zero-order valence-electron chi connectivity index (χ0n) is 17.6. The Balaban J connectivity index is 1.29. The SMILES string of the molecule is Cc1nn(Cc2noc(C(=O)NCc3ccc(CN4CCOCC4)cc3)n2)c(C)c1Br. The van der Waals surface area contributed by atoms with Crippen LogP contribution in [0.2, 0.25) is 0 Å². The van der Waals surface area contributed by atoms with Gasteiger partial charge in [0.1, 0.15) is 6.54 Å². The number of aromatic nitrogens is 4. The highest BCUT2D eigenvalue weighted by Crippen LogP contribution is 2.20. The first-order valence-electron chi connectivity index (χ1n) is 10.2. The van der Waals surface area contributed by atoms with E-state index in [4.69, 9.17) is 9.26 Å². The van der Waals surface area contributed by atoms with E-state index in [1.807, 2.05) is 26.0 Å². The molecule has 9 nitrogen and oxygen atoms in total. The number of rotatable bonds is 7. The number of nitrogens with zero attached hydrogens (tertiary/aromatic N) is 5. The van der Waals surface area contributed by atoms with Gasteiger partial charge in [-0.1, -0.05) is 29.4 Å². The van der Waals surface area contributed by atoms with Crippen molar-refractivity contribution in [2.24, 2.45) is 0 Å². The van der Waals surface area contributed by atoms with Gasteiger partial charge in [-0.3, -0.25) is 14.4 Å². The Morgan fingerprint density at radius 3 is 2.52 bits per heavy atom. The standard InChI is InChI=1S/C21H25BrN6O3/c1-14-19(22)15(2)28(25-14)13-18-24-21(31-26-18)20(29)23-11-16-3-5-17(6-4-16)12-27-7-9-30-10-8-27/h3-6H,7-13H2,1-2H3,(H,23,29). The van der Waals surface area contributed by atoms with Gasteiger partial charge in [-0.15, -0.1) is 0 Å². The maximum absolute atomic E-state index is 12.4. The number of carbonyl (C=O) groups is 1. The minimum absolute atomic E-state index is 0.0560. The third kappa shape index (κ3) is 5.38. The fourth-order valence-electron chi connectivity index (χ4n) is 3.41. The highest BCUT2D eigenvalue weighted by Gasteiger charge is 2.17. The Hall–Kier alpha value is -2.56. The molecule has 1 amide bonds. The topological polar surface area (TPSA) is 98.3 Å². The summed E-state index contributed by atoms with van der Waals surface area (Å²) < 4.78 is 13.2. The van der Waals surface area contributed by atoms with E-state index in [9.17, 15) is 4.79 Å². The Morgan fingerprint density at radius 2 is 1.84 bits per heavy atom. The number of halogens is 1. The highest BCUT2D eigenvalue weighted by atomic mass is 79.9. The normalized spacial score (nSPS) is 14.7. The zero-order chi connectivity index (χ0) is 21.8. The summed E-state index contributed by atoms with van der Waals surface area (Å²) in [5.74, 6) is -0.0547. The fourth-order valence-corrected chi connectivity index (χ4v) is 3.70. The van der Waals surface area contributed by atoms with Gasteiger partial charge in [-0.25, -0.2) is 0 Å². The summed E-state index contributed by atoms with van der Waals surface area (Å²) in [6.45, 7) is 9.00. The Labute approximate surface area is 188 Å². The number of carbonyl (C=O) groups excluding carboxylic acids is 1. The molecular weight excluding hydrogens is 464 g/mol. The minimum atomic E-state index is -0.398. The second kappa shape index (κ2) is 9.71. The Kier molecular flexibility index (Phi) is 6.79. The Morgan fingerprint density at radius 1 is 1.13 bits per heavy atom. The maximum atomic E-state index is 12.4. The van der Waals surface area contributed by atoms with E-state index in [1.54, 1.807) is 4.68 Å². The molecule has 164 valence electrons. The fraction of sp³-hybridized carbons (Fsp3) is 0.429. The molecule has 0 saturated carbocycles. The van der Waals surface area contributed by atoms with E-state index in [0.717, 1.165) is 54.3 Å². The number of nitrogens with one attached hydrogen (secondary N) is 1. The number of benzene rings is 1. The molecule has 31 heavy (non-hydrogen) atoms. The Bertz CT molecular complexity index is 1040. The van der Waals surface area contributed by atoms with E-state index >= 15 is 0 Å². The average Bonchev–Trinajstić information content (AvgIpc) is 3.34. The molecule has 3 aromatic rings. The summed E-state index contributed by atoms with van der Waals surface area (Å²) in [7, 11) is 0. The monoisotopic (exact) mass is 488 g/mol. The van der Waals surface area contributed by atoms with Crippen LogP contribution in [0, 0.1) is 13.8 Å². The summed E-state index contributed by atoms with van der Waals surface area (Å²) in [6.07, 6.45) is 0. The van der Waals surface area contributed by atoms with E-state index in [2.05, 4.69) is 53.5 Å². The molecule has 2 aromatic heterocycles. The predicted molar refractivity (Wildman–Crippen MR) is 117 cm³/mol. The van der Waals surface area contributed by atoms with Crippen LogP contribution in [0.15, 0.2) is 33.3 Å². The van der Waals surface area contributed by atoms with Gasteiger partial charge in [0.05, 0.1) is 29.1 Å². The molecule has 0 aliphatic carbocycles. The van der Waals surface area contributed by atoms with Gasteiger partial charge in [-0.05, 0) is 40.9 Å². The van der Waals surface area contributed by atoms with Crippen LogP contribution in [-0.4, -0.2) is 57.0 Å². The molecule has 1 aliphatic rings. The highest BCUT2D eigenvalue weighted by molar-refractivity contribution is 9.10. The van der Waals surface area contributed by atoms with Gasteiger partial charge < -0.3 is 14.6 Å². The quantitative estimate of drug-likeness (QED) is 0.545. The number of ether oxygens (including phenoxy) is 1. The van der Waals surface area contributed by atoms with Gasteiger partial charge in [0.2, 0.25) is 0 Å². The number of morpholine rings is 1. The molecule has 1 N–H and O–H groups in total. The molecule has 1 fully saturated rings. The molecule has 0 spiro atoms. The van der Waals surface area contributed by atoms with Crippen LogP contribution in [-0.2, 0) is 24.4 Å². The molecule has 1 aliphatic heterocycles. The molecule has 0 unspecified atom stereocenters. The van der Waals surface area contributed by atoms with Gasteiger partial charge in [0, 0.05) is 26.2 Å². The molecule has 1 aromatic carbocycles. The molecule has 4 rings (SSSR count). The lowest BCUT2D eigenvalue weighted by Gasteiger charge is -2.26. The summed E-state index contributed by atoms with van der Waals surface area (Å²) >= 11 is 3.49. The third-order valence-electron chi connectivity index (χ3n) is 5.23. The summed E-state index contributed by atoms with van der Waals surface area (Å²) in [5, 5.41) is 11.1. The van der Waals surface area contributed by atoms with Crippen molar-refractivity contribution in [2.75, 3.05) is 26.3 Å². The summed E-state index contributed by atoms with van der Waals surface area (Å²) in [5.41, 5.74) is 4.10. The van der Waals surface area contributed by atoms with E-state index in [-0.39, 0.29) is 5.89 Å². The lowest BCUT2D eigenvalue weighted by molar-refractivity contribution is 0.0342. The van der Waals surface area contributed by atoms with Gasteiger partial charge >= 0.3 is 11.8 Å². The molecule has 3 heterocycles. The van der Waals surface area contributed by atoms with E-state index < -0.39 is 5.91 Å². The number of aryl methyl sites for hydroxylation is 1. The molecule has 10 heteroatoms. The van der Waals surface area contributed by atoms with Crippen LogP contribution in [0.1, 0.15) is 39.0 Å². The van der Waals surface area contributed by atoms with E-state index in [0.29, 0.717) is 18.9 Å². The molecule has 0 radical (unpaired) electrons. The first-order chi connectivity index (χ1) is 15.0. The molecule has 1 saturated heterocycles. The average molecular weight is 489 g/mol. The lowest BCUT2D eigenvalue weighted by atomic mass is 10.1. The summed E-state index contributed by atoms with van der Waals surface area (Å²) in [6, 6.07) is 8.23. The van der Waals surface area contributed by atoms with E-state index in [1.165, 1.54) is 5.56 Å². The number of hydrogen-bond acceptors (Lipinski definition) is 7. The van der Waals surface area contributed by atoms with Crippen molar-refractivity contribution in [1.29, 1.82) is 0 Å². The number of hydrogen-bond donors (Lipinski definition) is 1. The first kappa shape index (κ1) is 21.7. The van der Waals surface area contributed by atoms with Crippen molar-refractivity contribution in [2.45, 2.75) is 33.5 Å². The molecule has 0 bridgehead atoms. The summed E-state index contributed by atoms with van der Waals surface area (Å²) in [4.78, 5) is 19.0. The number of amides is 1.